The zero-order chi connectivity index (χ0) is 17.0. The van der Waals surface area contributed by atoms with Gasteiger partial charge < -0.3 is 9.47 Å². The first-order valence-electron chi connectivity index (χ1n) is 6.42. The number of ether oxygens (including phenoxy) is 2. The molecule has 0 atom stereocenters. The van der Waals surface area contributed by atoms with Gasteiger partial charge in [0.2, 0.25) is 0 Å². The lowest BCUT2D eigenvalue weighted by atomic mass is 10.1. The molecule has 23 heavy (non-hydrogen) atoms. The van der Waals surface area contributed by atoms with Crippen LogP contribution in [0.1, 0.15) is 11.1 Å². The van der Waals surface area contributed by atoms with Crippen LogP contribution in [0, 0.1) is 10.1 Å². The Kier molecular flexibility index (Phi) is 4.73. The first kappa shape index (κ1) is 16.6. The van der Waals surface area contributed by atoms with Crippen molar-refractivity contribution in [2.75, 3.05) is 7.11 Å². The lowest BCUT2D eigenvalue weighted by Crippen LogP contribution is -2.05. The summed E-state index contributed by atoms with van der Waals surface area (Å²) in [5.74, 6) is 0.434. The van der Waals surface area contributed by atoms with Crippen LogP contribution in [0.25, 0.3) is 0 Å². The van der Waals surface area contributed by atoms with E-state index in [0.717, 1.165) is 12.1 Å². The lowest BCUT2D eigenvalue weighted by molar-refractivity contribution is -0.385. The maximum Gasteiger partial charge on any atom is 0.416 e. The van der Waals surface area contributed by atoms with Gasteiger partial charge in [0, 0.05) is 6.07 Å². The molecule has 0 fully saturated rings. The molecule has 0 aliphatic carbocycles. The van der Waals surface area contributed by atoms with Crippen LogP contribution in [0.2, 0.25) is 0 Å². The molecule has 8 heteroatoms. The summed E-state index contributed by atoms with van der Waals surface area (Å²) < 4.78 is 47.9. The number of methoxy groups -OCH3 is 1. The van der Waals surface area contributed by atoms with E-state index in [0.29, 0.717) is 11.3 Å². The van der Waals surface area contributed by atoms with Crippen LogP contribution in [0.4, 0.5) is 18.9 Å². The molecule has 0 saturated heterocycles. The van der Waals surface area contributed by atoms with E-state index in [1.54, 1.807) is 0 Å². The Morgan fingerprint density at radius 3 is 2.26 bits per heavy atom. The van der Waals surface area contributed by atoms with Crippen LogP contribution in [0.3, 0.4) is 0 Å². The molecule has 0 unspecified atom stereocenters. The number of rotatable bonds is 5. The van der Waals surface area contributed by atoms with Crippen LogP contribution in [0.5, 0.6) is 11.5 Å². The molecule has 122 valence electrons. The van der Waals surface area contributed by atoms with Gasteiger partial charge in [0.05, 0.1) is 23.7 Å². The molecule has 0 aromatic heterocycles. The number of non-ortho nitro benzene ring substituents is 1. The summed E-state index contributed by atoms with van der Waals surface area (Å²) in [7, 11) is 1.38. The van der Waals surface area contributed by atoms with Crippen molar-refractivity contribution < 1.29 is 27.6 Å². The molecule has 0 N–H and O–H groups in total. The highest BCUT2D eigenvalue weighted by Gasteiger charge is 2.29. The van der Waals surface area contributed by atoms with E-state index in [1.807, 2.05) is 0 Å². The largest absolute Gasteiger partial charge is 0.493 e. The van der Waals surface area contributed by atoms with Crippen molar-refractivity contribution in [3.05, 3.63) is 63.7 Å². The second-order valence-electron chi connectivity index (χ2n) is 4.58. The Bertz CT molecular complexity index is 699. The first-order valence-corrected chi connectivity index (χ1v) is 6.42. The Labute approximate surface area is 129 Å². The van der Waals surface area contributed by atoms with Crippen LogP contribution in [0.15, 0.2) is 42.5 Å². The summed E-state index contributed by atoms with van der Waals surface area (Å²) >= 11 is 0. The molecule has 0 amide bonds. The van der Waals surface area contributed by atoms with E-state index in [4.69, 9.17) is 9.47 Å². The van der Waals surface area contributed by atoms with Gasteiger partial charge in [0.15, 0.2) is 11.5 Å². The van der Waals surface area contributed by atoms with Gasteiger partial charge in [-0.1, -0.05) is 12.1 Å². The molecular formula is C15H12F3NO4. The second kappa shape index (κ2) is 6.55. The van der Waals surface area contributed by atoms with Crippen molar-refractivity contribution in [3.63, 3.8) is 0 Å². The number of nitrogens with zero attached hydrogens (tertiary/aromatic N) is 1. The van der Waals surface area contributed by atoms with Gasteiger partial charge in [-0.05, 0) is 23.8 Å². The van der Waals surface area contributed by atoms with E-state index in [2.05, 4.69) is 0 Å². The molecule has 0 heterocycles. The third-order valence-electron chi connectivity index (χ3n) is 3.03. The number of nitro groups is 1. The molecule has 0 aliphatic rings. The van der Waals surface area contributed by atoms with Crippen molar-refractivity contribution in [3.8, 4) is 11.5 Å². The highest BCUT2D eigenvalue weighted by molar-refractivity contribution is 5.48. The van der Waals surface area contributed by atoms with Crippen molar-refractivity contribution >= 4 is 5.69 Å². The second-order valence-corrected chi connectivity index (χ2v) is 4.58. The van der Waals surface area contributed by atoms with E-state index in [-0.39, 0.29) is 18.0 Å². The third kappa shape index (κ3) is 4.12. The average molecular weight is 327 g/mol. The van der Waals surface area contributed by atoms with Crippen molar-refractivity contribution in [2.24, 2.45) is 0 Å². The van der Waals surface area contributed by atoms with E-state index in [1.165, 1.54) is 37.4 Å². The molecule has 0 aliphatic heterocycles. The Balaban J connectivity index is 2.14. The smallest absolute Gasteiger partial charge is 0.416 e. The van der Waals surface area contributed by atoms with Gasteiger partial charge in [-0.2, -0.15) is 13.2 Å². The fourth-order valence-corrected chi connectivity index (χ4v) is 1.84. The lowest BCUT2D eigenvalue weighted by Gasteiger charge is -2.11. The molecule has 2 aromatic carbocycles. The normalized spacial score (nSPS) is 11.1. The minimum absolute atomic E-state index is 0.0460. The van der Waals surface area contributed by atoms with Gasteiger partial charge in [-0.3, -0.25) is 10.1 Å². The summed E-state index contributed by atoms with van der Waals surface area (Å²) in [6, 6.07) is 8.32. The molecule has 0 bridgehead atoms. The van der Waals surface area contributed by atoms with E-state index in [9.17, 15) is 23.3 Å². The van der Waals surface area contributed by atoms with Crippen LogP contribution < -0.4 is 9.47 Å². The molecule has 0 saturated carbocycles. The summed E-state index contributed by atoms with van der Waals surface area (Å²) in [5, 5.41) is 10.8. The maximum atomic E-state index is 12.5. The quantitative estimate of drug-likeness (QED) is 0.610. The summed E-state index contributed by atoms with van der Waals surface area (Å²) in [5.41, 5.74) is -0.436. The monoisotopic (exact) mass is 327 g/mol. The van der Waals surface area contributed by atoms with Gasteiger partial charge in [-0.15, -0.1) is 0 Å². The Morgan fingerprint density at radius 2 is 1.74 bits per heavy atom. The number of halogens is 3. The van der Waals surface area contributed by atoms with Crippen molar-refractivity contribution in [1.29, 1.82) is 0 Å². The average Bonchev–Trinajstić information content (AvgIpc) is 2.52. The van der Waals surface area contributed by atoms with Crippen molar-refractivity contribution in [2.45, 2.75) is 12.8 Å². The standard InChI is InChI=1S/C15H12F3NO4/c1-22-13-7-6-12(19(20)21)8-14(13)23-9-10-2-4-11(5-3-10)15(16,17)18/h2-8H,9H2,1H3. The zero-order valence-corrected chi connectivity index (χ0v) is 12.0. The van der Waals surface area contributed by atoms with E-state index < -0.39 is 16.7 Å². The highest BCUT2D eigenvalue weighted by atomic mass is 19.4. The van der Waals surface area contributed by atoms with E-state index >= 15 is 0 Å². The Hall–Kier alpha value is -2.77. The molecule has 5 nitrogen and oxygen atoms in total. The van der Waals surface area contributed by atoms with Crippen LogP contribution in [-0.4, -0.2) is 12.0 Å². The molecule has 2 rings (SSSR count). The number of benzene rings is 2. The predicted octanol–water partition coefficient (Wildman–Crippen LogP) is 4.20. The van der Waals surface area contributed by atoms with Crippen LogP contribution >= 0.6 is 0 Å². The number of nitro benzene ring substituents is 1. The highest BCUT2D eigenvalue weighted by Crippen LogP contribution is 2.32. The fourth-order valence-electron chi connectivity index (χ4n) is 1.84. The van der Waals surface area contributed by atoms with Gasteiger partial charge in [-0.25, -0.2) is 0 Å². The van der Waals surface area contributed by atoms with Crippen LogP contribution in [-0.2, 0) is 12.8 Å². The SMILES string of the molecule is COc1ccc([N+](=O)[O-])cc1OCc1ccc(C(F)(F)F)cc1. The predicted molar refractivity (Wildman–Crippen MR) is 75.4 cm³/mol. The summed E-state index contributed by atoms with van der Waals surface area (Å²) in [6.07, 6.45) is -4.40. The maximum absolute atomic E-state index is 12.5. The van der Waals surface area contributed by atoms with Gasteiger partial charge >= 0.3 is 6.18 Å². The third-order valence-corrected chi connectivity index (χ3v) is 3.03. The summed E-state index contributed by atoms with van der Waals surface area (Å²) in [4.78, 5) is 10.2. The Morgan fingerprint density at radius 1 is 1.09 bits per heavy atom. The van der Waals surface area contributed by atoms with Gasteiger partial charge in [0.25, 0.3) is 5.69 Å². The fraction of sp³-hybridized carbons (Fsp3) is 0.200. The minimum atomic E-state index is -4.40. The zero-order valence-electron chi connectivity index (χ0n) is 12.0. The molecule has 2 aromatic rings. The number of hydrogen-bond donors (Lipinski definition) is 0. The molecular weight excluding hydrogens is 315 g/mol. The number of hydrogen-bond acceptors (Lipinski definition) is 4. The molecule has 0 radical (unpaired) electrons. The minimum Gasteiger partial charge on any atom is -0.493 e. The number of alkyl halides is 3. The summed E-state index contributed by atoms with van der Waals surface area (Å²) in [6.45, 7) is -0.0460. The molecule has 0 spiro atoms. The first-order chi connectivity index (χ1) is 10.8. The van der Waals surface area contributed by atoms with Gasteiger partial charge in [0.1, 0.15) is 6.61 Å². The van der Waals surface area contributed by atoms with Crippen molar-refractivity contribution in [1.82, 2.24) is 0 Å². The topological polar surface area (TPSA) is 61.6 Å².